The molecule has 0 spiro atoms. The quantitative estimate of drug-likeness (QED) is 0.598. The van der Waals surface area contributed by atoms with Crippen LogP contribution in [0.25, 0.3) is 0 Å². The lowest BCUT2D eigenvalue weighted by Gasteiger charge is -2.48. The van der Waals surface area contributed by atoms with Gasteiger partial charge in [-0.25, -0.2) is 0 Å². The van der Waals surface area contributed by atoms with Gasteiger partial charge in [-0.15, -0.1) is 0 Å². The van der Waals surface area contributed by atoms with Crippen LogP contribution in [0.1, 0.15) is 57.8 Å². The van der Waals surface area contributed by atoms with Crippen LogP contribution < -0.4 is 0 Å². The predicted molar refractivity (Wildman–Crippen MR) is 60.0 cm³/mol. The first-order valence-corrected chi connectivity index (χ1v) is 8.45. The minimum absolute atomic E-state index is 0.256. The van der Waals surface area contributed by atoms with Gasteiger partial charge in [-0.3, -0.25) is 0 Å². The standard InChI is InChI=1S/C12H22Si/c1-4-10(5-1)13(11-6-2-7-11)12-8-3-9-12/h10-13H,1-9H2. The molecule has 0 nitrogen and oxygen atoms in total. The number of hydrogen-bond acceptors (Lipinski definition) is 0. The van der Waals surface area contributed by atoms with Crippen LogP contribution in [0.2, 0.25) is 16.6 Å². The lowest BCUT2D eigenvalue weighted by Crippen LogP contribution is -2.40. The van der Waals surface area contributed by atoms with Gasteiger partial charge in [0.05, 0.1) is 0 Å². The van der Waals surface area contributed by atoms with Crippen LogP contribution in [0.15, 0.2) is 0 Å². The molecule has 0 aromatic rings. The van der Waals surface area contributed by atoms with Crippen molar-refractivity contribution in [3.8, 4) is 0 Å². The van der Waals surface area contributed by atoms with Crippen molar-refractivity contribution in [2.45, 2.75) is 74.4 Å². The minimum Gasteiger partial charge on any atom is -0.0533 e. The molecule has 0 aromatic carbocycles. The van der Waals surface area contributed by atoms with Gasteiger partial charge in [0, 0.05) is 8.80 Å². The SMILES string of the molecule is C1CC([SiH](C2CCC2)C2CCC2)C1. The Balaban J connectivity index is 1.64. The first-order valence-electron chi connectivity index (χ1n) is 6.45. The highest BCUT2D eigenvalue weighted by Crippen LogP contribution is 2.54. The molecule has 0 amide bonds. The second kappa shape index (κ2) is 3.41. The summed E-state index contributed by atoms with van der Waals surface area (Å²) in [5, 5.41) is 0. The summed E-state index contributed by atoms with van der Waals surface area (Å²) < 4.78 is 0. The van der Waals surface area contributed by atoms with Crippen LogP contribution in [-0.4, -0.2) is 8.80 Å². The maximum atomic E-state index is 1.64. The Kier molecular flexibility index (Phi) is 2.24. The van der Waals surface area contributed by atoms with Crippen molar-refractivity contribution in [3.63, 3.8) is 0 Å². The Bertz CT molecular complexity index is 144. The van der Waals surface area contributed by atoms with E-state index >= 15 is 0 Å². The van der Waals surface area contributed by atoms with Crippen LogP contribution in [0, 0.1) is 0 Å². The highest BCUT2D eigenvalue weighted by atomic mass is 28.3. The predicted octanol–water partition coefficient (Wildman–Crippen LogP) is 3.88. The van der Waals surface area contributed by atoms with Crippen LogP contribution >= 0.6 is 0 Å². The molecule has 3 rings (SSSR count). The molecule has 0 saturated heterocycles. The Hall–Kier alpha value is 0.217. The molecule has 0 heterocycles. The molecule has 13 heavy (non-hydrogen) atoms. The number of rotatable bonds is 3. The second-order valence-corrected chi connectivity index (χ2v) is 9.63. The highest BCUT2D eigenvalue weighted by molar-refractivity contribution is 6.64. The maximum Gasteiger partial charge on any atom is 0.0461 e. The van der Waals surface area contributed by atoms with E-state index in [4.69, 9.17) is 0 Å². The van der Waals surface area contributed by atoms with Gasteiger partial charge in [-0.05, 0) is 16.6 Å². The molecule has 0 aromatic heterocycles. The molecular formula is C12H22Si. The Morgan fingerprint density at radius 1 is 0.538 bits per heavy atom. The summed E-state index contributed by atoms with van der Waals surface area (Å²) in [5.41, 5.74) is 3.95. The average molecular weight is 194 g/mol. The molecule has 0 radical (unpaired) electrons. The summed E-state index contributed by atoms with van der Waals surface area (Å²) in [6.07, 6.45) is 14.6. The molecule has 3 aliphatic carbocycles. The summed E-state index contributed by atoms with van der Waals surface area (Å²) in [4.78, 5) is 0. The molecule has 0 unspecified atom stereocenters. The van der Waals surface area contributed by atoms with Crippen molar-refractivity contribution in [2.75, 3.05) is 0 Å². The van der Waals surface area contributed by atoms with E-state index in [-0.39, 0.29) is 8.80 Å². The van der Waals surface area contributed by atoms with Crippen LogP contribution in [0.4, 0.5) is 0 Å². The van der Waals surface area contributed by atoms with Crippen molar-refractivity contribution in [2.24, 2.45) is 0 Å². The van der Waals surface area contributed by atoms with Gasteiger partial charge in [-0.2, -0.15) is 0 Å². The smallest absolute Gasteiger partial charge is 0.0461 e. The van der Waals surface area contributed by atoms with Gasteiger partial charge < -0.3 is 0 Å². The molecule has 0 N–H and O–H groups in total. The van der Waals surface area contributed by atoms with Crippen LogP contribution in [0.5, 0.6) is 0 Å². The van der Waals surface area contributed by atoms with Crippen molar-refractivity contribution in [1.82, 2.24) is 0 Å². The first-order chi connectivity index (χ1) is 6.45. The third kappa shape index (κ3) is 1.40. The Morgan fingerprint density at radius 2 is 0.846 bits per heavy atom. The lowest BCUT2D eigenvalue weighted by molar-refractivity contribution is 0.400. The minimum atomic E-state index is -0.256. The van der Waals surface area contributed by atoms with Crippen LogP contribution in [0.3, 0.4) is 0 Å². The second-order valence-electron chi connectivity index (χ2n) is 5.65. The molecule has 3 fully saturated rings. The third-order valence-corrected chi connectivity index (χ3v) is 10.3. The first kappa shape index (κ1) is 8.52. The fraction of sp³-hybridized carbons (Fsp3) is 1.00. The van der Waals surface area contributed by atoms with Crippen LogP contribution in [-0.2, 0) is 0 Å². The zero-order valence-electron chi connectivity index (χ0n) is 8.67. The van der Waals surface area contributed by atoms with Crippen molar-refractivity contribution >= 4 is 8.80 Å². The van der Waals surface area contributed by atoms with E-state index in [1.54, 1.807) is 57.8 Å². The summed E-state index contributed by atoms with van der Waals surface area (Å²) in [7, 11) is -0.256. The third-order valence-electron chi connectivity index (χ3n) is 5.08. The molecule has 0 aliphatic heterocycles. The zero-order valence-corrected chi connectivity index (χ0v) is 9.83. The zero-order chi connectivity index (χ0) is 8.67. The monoisotopic (exact) mass is 194 g/mol. The van der Waals surface area contributed by atoms with Gasteiger partial charge >= 0.3 is 0 Å². The van der Waals surface area contributed by atoms with E-state index in [0.29, 0.717) is 0 Å². The molecule has 0 bridgehead atoms. The fourth-order valence-corrected chi connectivity index (χ4v) is 9.66. The van der Waals surface area contributed by atoms with E-state index < -0.39 is 0 Å². The molecule has 1 heteroatoms. The summed E-state index contributed by atoms with van der Waals surface area (Å²) in [6.45, 7) is 0. The summed E-state index contributed by atoms with van der Waals surface area (Å²) in [6, 6.07) is 0. The normalized spacial score (nSPS) is 31.2. The molecule has 3 aliphatic rings. The van der Waals surface area contributed by atoms with Gasteiger partial charge in [0.2, 0.25) is 0 Å². The van der Waals surface area contributed by atoms with Crippen molar-refractivity contribution in [3.05, 3.63) is 0 Å². The largest absolute Gasteiger partial charge is 0.0533 e. The van der Waals surface area contributed by atoms with Gasteiger partial charge in [-0.1, -0.05) is 57.8 Å². The number of hydrogen-bond donors (Lipinski definition) is 0. The topological polar surface area (TPSA) is 0 Å². The molecule has 74 valence electrons. The summed E-state index contributed by atoms with van der Waals surface area (Å²) in [5.74, 6) is 0. The van der Waals surface area contributed by atoms with Gasteiger partial charge in [0.1, 0.15) is 0 Å². The lowest BCUT2D eigenvalue weighted by atomic mass is 9.97. The van der Waals surface area contributed by atoms with E-state index in [9.17, 15) is 0 Å². The van der Waals surface area contributed by atoms with Gasteiger partial charge in [0.15, 0.2) is 0 Å². The van der Waals surface area contributed by atoms with Crippen molar-refractivity contribution < 1.29 is 0 Å². The van der Waals surface area contributed by atoms with E-state index in [1.807, 2.05) is 0 Å². The maximum absolute atomic E-state index is 1.64. The molecule has 0 atom stereocenters. The molecular weight excluding hydrogens is 172 g/mol. The Morgan fingerprint density at radius 3 is 1.00 bits per heavy atom. The summed E-state index contributed by atoms with van der Waals surface area (Å²) >= 11 is 0. The van der Waals surface area contributed by atoms with Gasteiger partial charge in [0.25, 0.3) is 0 Å². The van der Waals surface area contributed by atoms with Crippen molar-refractivity contribution in [1.29, 1.82) is 0 Å². The Labute approximate surface area is 83.7 Å². The van der Waals surface area contributed by atoms with E-state index in [1.165, 1.54) is 16.6 Å². The molecule has 3 saturated carbocycles. The highest BCUT2D eigenvalue weighted by Gasteiger charge is 2.43. The van der Waals surface area contributed by atoms with E-state index in [2.05, 4.69) is 0 Å². The fourth-order valence-electron chi connectivity index (χ4n) is 3.63. The average Bonchev–Trinajstić information content (AvgIpc) is 1.73. The van der Waals surface area contributed by atoms with E-state index in [0.717, 1.165) is 0 Å².